The minimum atomic E-state index is -0.453. The second kappa shape index (κ2) is 6.51. The molecule has 1 heterocycles. The van der Waals surface area contributed by atoms with Crippen molar-refractivity contribution in [2.75, 3.05) is 13.1 Å². The van der Waals surface area contributed by atoms with Gasteiger partial charge in [-0.05, 0) is 25.0 Å². The third kappa shape index (κ3) is 3.82. The summed E-state index contributed by atoms with van der Waals surface area (Å²) < 4.78 is 18.4. The van der Waals surface area contributed by atoms with E-state index in [4.69, 9.17) is 4.74 Å². The second-order valence-electron chi connectivity index (χ2n) is 3.98. The number of hydrogen-bond acceptors (Lipinski definition) is 4. The molecular formula is C11H14ClFN2O3. The number of piperidine rings is 1. The fourth-order valence-corrected chi connectivity index (χ4v) is 1.78. The van der Waals surface area contributed by atoms with Crippen LogP contribution in [0.1, 0.15) is 12.8 Å². The molecule has 0 atom stereocenters. The maximum absolute atomic E-state index is 12.7. The predicted octanol–water partition coefficient (Wildman–Crippen LogP) is 2.74. The van der Waals surface area contributed by atoms with Crippen LogP contribution in [0.4, 0.5) is 10.2 Å². The molecule has 1 saturated heterocycles. The van der Waals surface area contributed by atoms with Crippen LogP contribution < -0.4 is 4.74 Å². The molecule has 0 aromatic heterocycles. The Morgan fingerprint density at radius 3 is 2.33 bits per heavy atom. The number of benzene rings is 1. The molecule has 1 aromatic rings. The van der Waals surface area contributed by atoms with E-state index >= 15 is 0 Å². The van der Waals surface area contributed by atoms with E-state index in [-0.39, 0.29) is 24.2 Å². The molecule has 100 valence electrons. The van der Waals surface area contributed by atoms with Gasteiger partial charge < -0.3 is 4.74 Å². The third-order valence-corrected chi connectivity index (χ3v) is 2.74. The van der Waals surface area contributed by atoms with Crippen molar-refractivity contribution in [1.29, 1.82) is 0 Å². The fourth-order valence-electron chi connectivity index (χ4n) is 1.78. The lowest BCUT2D eigenvalue weighted by Crippen LogP contribution is -2.33. The van der Waals surface area contributed by atoms with Crippen LogP contribution in [0.2, 0.25) is 0 Å². The molecule has 1 fully saturated rings. The predicted molar refractivity (Wildman–Crippen MR) is 66.7 cm³/mol. The first-order valence-electron chi connectivity index (χ1n) is 5.47. The van der Waals surface area contributed by atoms with Gasteiger partial charge in [0.15, 0.2) is 0 Å². The van der Waals surface area contributed by atoms with Crippen LogP contribution in [-0.2, 0) is 0 Å². The third-order valence-electron chi connectivity index (χ3n) is 2.74. The Hall–Kier alpha value is -1.40. The number of nitro benzene ring substituents is 1. The van der Waals surface area contributed by atoms with Gasteiger partial charge >= 0.3 is 0 Å². The Bertz CT molecular complexity index is 394. The Kier molecular flexibility index (Phi) is 5.30. The average Bonchev–Trinajstić information content (AvgIpc) is 2.33. The highest BCUT2D eigenvalue weighted by molar-refractivity contribution is 5.85. The first-order valence-corrected chi connectivity index (χ1v) is 5.47. The van der Waals surface area contributed by atoms with Gasteiger partial charge in [0.25, 0.3) is 5.69 Å². The van der Waals surface area contributed by atoms with Gasteiger partial charge in [-0.2, -0.15) is 0 Å². The molecule has 7 heteroatoms. The van der Waals surface area contributed by atoms with Crippen molar-refractivity contribution in [2.24, 2.45) is 0 Å². The Labute approximate surface area is 110 Å². The molecule has 1 aliphatic rings. The maximum atomic E-state index is 12.7. The molecule has 2 rings (SSSR count). The van der Waals surface area contributed by atoms with Gasteiger partial charge in [-0.3, -0.25) is 10.1 Å². The standard InChI is InChI=1S/C11H13FN2O3.ClH/c12-13-7-5-11(6-8-13)17-10-3-1-9(2-4-10)14(15)16;/h1-4,11H,5-8H2;1H. The minimum absolute atomic E-state index is 0. The molecular weight excluding hydrogens is 263 g/mol. The number of nitrogens with zero attached hydrogens (tertiary/aromatic N) is 2. The average molecular weight is 277 g/mol. The molecule has 0 radical (unpaired) electrons. The van der Waals surface area contributed by atoms with Gasteiger partial charge in [-0.15, -0.1) is 22.0 Å². The highest BCUT2D eigenvalue weighted by Crippen LogP contribution is 2.21. The lowest BCUT2D eigenvalue weighted by Gasteiger charge is -2.26. The SMILES string of the molecule is Cl.O=[N+]([O-])c1ccc(OC2CCN(F)CC2)cc1. The van der Waals surface area contributed by atoms with Crippen molar-refractivity contribution in [3.8, 4) is 5.75 Å². The molecule has 0 spiro atoms. The fraction of sp³-hybridized carbons (Fsp3) is 0.455. The Balaban J connectivity index is 0.00000162. The summed E-state index contributed by atoms with van der Waals surface area (Å²) in [4.78, 5) is 10.0. The van der Waals surface area contributed by atoms with Crippen LogP contribution in [0.25, 0.3) is 0 Å². The first-order chi connectivity index (χ1) is 8.15. The van der Waals surface area contributed by atoms with E-state index in [0.717, 1.165) is 5.12 Å². The van der Waals surface area contributed by atoms with Crippen LogP contribution in [0, 0.1) is 10.1 Å². The number of hydrogen-bond donors (Lipinski definition) is 0. The summed E-state index contributed by atoms with van der Waals surface area (Å²) in [7, 11) is 0. The van der Waals surface area contributed by atoms with Gasteiger partial charge in [0, 0.05) is 25.2 Å². The molecule has 18 heavy (non-hydrogen) atoms. The number of rotatable bonds is 3. The van der Waals surface area contributed by atoms with E-state index in [1.807, 2.05) is 0 Å². The monoisotopic (exact) mass is 276 g/mol. The summed E-state index contributed by atoms with van der Waals surface area (Å²) in [6.07, 6.45) is 1.25. The number of non-ortho nitro benzene ring substituents is 1. The molecule has 0 saturated carbocycles. The maximum Gasteiger partial charge on any atom is 0.269 e. The summed E-state index contributed by atoms with van der Waals surface area (Å²) in [5.74, 6) is 0.591. The molecule has 0 aliphatic carbocycles. The quantitative estimate of drug-likeness (QED) is 0.484. The topological polar surface area (TPSA) is 55.6 Å². The summed E-state index contributed by atoms with van der Waals surface area (Å²) in [5.41, 5.74) is 0.0379. The van der Waals surface area contributed by atoms with Crippen molar-refractivity contribution in [2.45, 2.75) is 18.9 Å². The zero-order chi connectivity index (χ0) is 12.3. The number of nitro groups is 1. The van der Waals surface area contributed by atoms with Crippen LogP contribution in [-0.4, -0.2) is 29.2 Å². The Morgan fingerprint density at radius 2 is 1.83 bits per heavy atom. The minimum Gasteiger partial charge on any atom is -0.490 e. The lowest BCUT2D eigenvalue weighted by atomic mass is 10.1. The Morgan fingerprint density at radius 1 is 1.28 bits per heavy atom. The highest BCUT2D eigenvalue weighted by Gasteiger charge is 2.20. The van der Waals surface area contributed by atoms with E-state index < -0.39 is 4.92 Å². The van der Waals surface area contributed by atoms with Crippen molar-refractivity contribution >= 4 is 18.1 Å². The van der Waals surface area contributed by atoms with E-state index in [9.17, 15) is 14.6 Å². The van der Waals surface area contributed by atoms with Crippen LogP contribution in [0.15, 0.2) is 24.3 Å². The zero-order valence-corrected chi connectivity index (χ0v) is 10.4. The van der Waals surface area contributed by atoms with Gasteiger partial charge in [-0.25, -0.2) is 0 Å². The van der Waals surface area contributed by atoms with Gasteiger partial charge in [0.2, 0.25) is 0 Å². The van der Waals surface area contributed by atoms with Crippen LogP contribution in [0.5, 0.6) is 5.75 Å². The second-order valence-corrected chi connectivity index (χ2v) is 3.98. The summed E-state index contributed by atoms with van der Waals surface area (Å²) in [6, 6.07) is 5.94. The van der Waals surface area contributed by atoms with Crippen LogP contribution >= 0.6 is 12.4 Å². The smallest absolute Gasteiger partial charge is 0.269 e. The van der Waals surface area contributed by atoms with Gasteiger partial charge in [0.05, 0.1) is 4.92 Å². The van der Waals surface area contributed by atoms with Crippen molar-refractivity contribution in [3.63, 3.8) is 0 Å². The number of ether oxygens (including phenoxy) is 1. The van der Waals surface area contributed by atoms with Crippen molar-refractivity contribution in [3.05, 3.63) is 34.4 Å². The van der Waals surface area contributed by atoms with E-state index in [1.165, 1.54) is 12.1 Å². The molecule has 1 aromatic carbocycles. The molecule has 1 aliphatic heterocycles. The first kappa shape index (κ1) is 14.7. The molecule has 5 nitrogen and oxygen atoms in total. The van der Waals surface area contributed by atoms with E-state index in [0.29, 0.717) is 31.7 Å². The van der Waals surface area contributed by atoms with E-state index in [2.05, 4.69) is 0 Å². The molecule has 0 bridgehead atoms. The lowest BCUT2D eigenvalue weighted by molar-refractivity contribution is -0.384. The summed E-state index contributed by atoms with van der Waals surface area (Å²) in [5, 5.41) is 11.2. The van der Waals surface area contributed by atoms with Crippen molar-refractivity contribution < 1.29 is 14.1 Å². The van der Waals surface area contributed by atoms with Crippen LogP contribution in [0.3, 0.4) is 0 Å². The number of halogens is 2. The van der Waals surface area contributed by atoms with E-state index in [1.54, 1.807) is 12.1 Å². The van der Waals surface area contributed by atoms with Crippen molar-refractivity contribution in [1.82, 2.24) is 5.12 Å². The molecule has 0 unspecified atom stereocenters. The zero-order valence-electron chi connectivity index (χ0n) is 9.62. The highest BCUT2D eigenvalue weighted by atomic mass is 35.5. The largest absolute Gasteiger partial charge is 0.490 e. The molecule has 0 N–H and O–H groups in total. The normalized spacial score (nSPS) is 16.9. The summed E-state index contributed by atoms with van der Waals surface area (Å²) >= 11 is 0. The van der Waals surface area contributed by atoms with Gasteiger partial charge in [0.1, 0.15) is 11.9 Å². The van der Waals surface area contributed by atoms with Gasteiger partial charge in [-0.1, -0.05) is 0 Å². The molecule has 0 amide bonds. The summed E-state index contributed by atoms with van der Waals surface area (Å²) in [6.45, 7) is 0.745.